The number of amides is 1. The number of rotatable bonds is 8. The maximum Gasteiger partial charge on any atom is 0.239 e. The van der Waals surface area contributed by atoms with Crippen molar-refractivity contribution in [2.75, 3.05) is 5.32 Å². The summed E-state index contributed by atoms with van der Waals surface area (Å²) in [5.41, 5.74) is 0. The predicted octanol–water partition coefficient (Wildman–Crippen LogP) is 4.07. The SMILES string of the molecule is CCC(Sc1nnc(Cc2cccs2)n1C1CC1)C(=O)Nc1cc(C)on1. The summed E-state index contributed by atoms with van der Waals surface area (Å²) in [6, 6.07) is 6.33. The van der Waals surface area contributed by atoms with Crippen molar-refractivity contribution in [3.63, 3.8) is 0 Å². The van der Waals surface area contributed by atoms with Crippen LogP contribution in [0, 0.1) is 6.92 Å². The Morgan fingerprint density at radius 1 is 1.48 bits per heavy atom. The summed E-state index contributed by atoms with van der Waals surface area (Å²) in [4.78, 5) is 13.9. The van der Waals surface area contributed by atoms with E-state index in [2.05, 4.69) is 42.8 Å². The van der Waals surface area contributed by atoms with Crippen molar-refractivity contribution in [1.29, 1.82) is 0 Å². The van der Waals surface area contributed by atoms with Crippen LogP contribution in [-0.2, 0) is 11.2 Å². The Kier molecular flexibility index (Phi) is 5.31. The second-order valence-electron chi connectivity index (χ2n) is 6.58. The van der Waals surface area contributed by atoms with Gasteiger partial charge in [0.25, 0.3) is 0 Å². The minimum Gasteiger partial charge on any atom is -0.360 e. The molecule has 1 aliphatic rings. The Bertz CT molecular complexity index is 914. The highest BCUT2D eigenvalue weighted by Crippen LogP contribution is 2.40. The fraction of sp³-hybridized carbons (Fsp3) is 0.444. The molecule has 142 valence electrons. The average molecular weight is 404 g/mol. The number of hydrogen-bond acceptors (Lipinski definition) is 7. The fourth-order valence-electron chi connectivity index (χ4n) is 2.86. The normalized spacial score (nSPS) is 15.0. The molecule has 1 aliphatic carbocycles. The van der Waals surface area contributed by atoms with E-state index in [1.54, 1.807) is 24.3 Å². The lowest BCUT2D eigenvalue weighted by atomic mass is 10.3. The summed E-state index contributed by atoms with van der Waals surface area (Å²) in [6.45, 7) is 3.79. The molecule has 4 rings (SSSR count). The molecule has 1 N–H and O–H groups in total. The highest BCUT2D eigenvalue weighted by molar-refractivity contribution is 8.00. The Morgan fingerprint density at radius 2 is 2.33 bits per heavy atom. The van der Waals surface area contributed by atoms with Crippen molar-refractivity contribution in [1.82, 2.24) is 19.9 Å². The van der Waals surface area contributed by atoms with Crippen LogP contribution in [0.25, 0.3) is 0 Å². The third-order valence-electron chi connectivity index (χ3n) is 4.35. The number of carbonyl (C=O) groups excluding carboxylic acids is 1. The van der Waals surface area contributed by atoms with Crippen molar-refractivity contribution in [2.45, 2.75) is 56.0 Å². The van der Waals surface area contributed by atoms with Crippen LogP contribution in [-0.4, -0.2) is 31.1 Å². The number of aryl methyl sites for hydroxylation is 1. The van der Waals surface area contributed by atoms with E-state index in [0.29, 0.717) is 24.0 Å². The lowest BCUT2D eigenvalue weighted by molar-refractivity contribution is -0.115. The van der Waals surface area contributed by atoms with Gasteiger partial charge in [0.1, 0.15) is 11.6 Å². The van der Waals surface area contributed by atoms with E-state index in [-0.39, 0.29) is 11.2 Å². The summed E-state index contributed by atoms with van der Waals surface area (Å²) >= 11 is 3.20. The van der Waals surface area contributed by atoms with Gasteiger partial charge in [-0.1, -0.05) is 29.9 Å². The molecule has 9 heteroatoms. The molecule has 27 heavy (non-hydrogen) atoms. The molecular formula is C18H21N5O2S2. The molecule has 7 nitrogen and oxygen atoms in total. The number of carbonyl (C=O) groups is 1. The monoisotopic (exact) mass is 403 g/mol. The maximum absolute atomic E-state index is 12.6. The van der Waals surface area contributed by atoms with Crippen LogP contribution in [0.15, 0.2) is 33.3 Å². The number of aromatic nitrogens is 4. The summed E-state index contributed by atoms with van der Waals surface area (Å²) in [5.74, 6) is 1.99. The molecule has 0 bridgehead atoms. The Morgan fingerprint density at radius 3 is 2.96 bits per heavy atom. The van der Waals surface area contributed by atoms with Crippen molar-refractivity contribution >= 4 is 34.8 Å². The molecule has 3 aromatic heterocycles. The minimum absolute atomic E-state index is 0.0963. The third-order valence-corrected chi connectivity index (χ3v) is 6.55. The first kappa shape index (κ1) is 18.2. The quantitative estimate of drug-likeness (QED) is 0.571. The van der Waals surface area contributed by atoms with Crippen LogP contribution in [0.4, 0.5) is 5.82 Å². The van der Waals surface area contributed by atoms with E-state index in [4.69, 9.17) is 4.52 Å². The van der Waals surface area contributed by atoms with E-state index in [9.17, 15) is 4.79 Å². The average Bonchev–Trinajstić information content (AvgIpc) is 3.03. The zero-order chi connectivity index (χ0) is 18.8. The Balaban J connectivity index is 1.50. The number of thiophene rings is 1. The number of nitrogens with one attached hydrogen (secondary N) is 1. The van der Waals surface area contributed by atoms with Gasteiger partial charge in [0.15, 0.2) is 11.0 Å². The molecule has 1 unspecified atom stereocenters. The van der Waals surface area contributed by atoms with Gasteiger partial charge in [0, 0.05) is 23.4 Å². The van der Waals surface area contributed by atoms with Crippen LogP contribution in [0.2, 0.25) is 0 Å². The van der Waals surface area contributed by atoms with Gasteiger partial charge in [-0.2, -0.15) is 0 Å². The molecule has 1 atom stereocenters. The Hall–Kier alpha value is -2.13. The topological polar surface area (TPSA) is 85.8 Å². The first-order valence-electron chi connectivity index (χ1n) is 9.01. The van der Waals surface area contributed by atoms with Gasteiger partial charge in [0.2, 0.25) is 5.91 Å². The van der Waals surface area contributed by atoms with Crippen molar-refractivity contribution in [3.05, 3.63) is 40.0 Å². The zero-order valence-corrected chi connectivity index (χ0v) is 16.8. The summed E-state index contributed by atoms with van der Waals surface area (Å²) < 4.78 is 7.23. The fourth-order valence-corrected chi connectivity index (χ4v) is 4.60. The molecule has 1 saturated carbocycles. The number of nitrogens with zero attached hydrogens (tertiary/aromatic N) is 4. The standard InChI is InChI=1S/C18H21N5O2S2/c1-3-14(17(24)19-15-9-11(2)25-22-15)27-18-21-20-16(23(18)12-6-7-12)10-13-5-4-8-26-13/h4-5,8-9,12,14H,3,6-7,10H2,1-2H3,(H,19,22,24). The number of thioether (sulfide) groups is 1. The molecule has 1 amide bonds. The lowest BCUT2D eigenvalue weighted by Gasteiger charge is -2.14. The Labute approximate surface area is 165 Å². The van der Waals surface area contributed by atoms with Gasteiger partial charge in [-0.15, -0.1) is 21.5 Å². The molecule has 3 heterocycles. The summed E-state index contributed by atoms with van der Waals surface area (Å²) in [7, 11) is 0. The highest BCUT2D eigenvalue weighted by atomic mass is 32.2. The van der Waals surface area contributed by atoms with Crippen LogP contribution in [0.5, 0.6) is 0 Å². The predicted molar refractivity (Wildman–Crippen MR) is 105 cm³/mol. The highest BCUT2D eigenvalue weighted by Gasteiger charge is 2.31. The minimum atomic E-state index is -0.265. The van der Waals surface area contributed by atoms with E-state index in [0.717, 1.165) is 30.2 Å². The van der Waals surface area contributed by atoms with Crippen LogP contribution in [0.1, 0.15) is 48.7 Å². The number of hydrogen-bond donors (Lipinski definition) is 1. The van der Waals surface area contributed by atoms with Crippen LogP contribution >= 0.6 is 23.1 Å². The van der Waals surface area contributed by atoms with Crippen LogP contribution < -0.4 is 5.32 Å². The van der Waals surface area contributed by atoms with Crippen molar-refractivity contribution in [2.24, 2.45) is 0 Å². The van der Waals surface area contributed by atoms with Gasteiger partial charge in [0.05, 0.1) is 5.25 Å². The zero-order valence-electron chi connectivity index (χ0n) is 15.2. The second kappa shape index (κ2) is 7.85. The molecule has 0 spiro atoms. The van der Waals surface area contributed by atoms with Crippen molar-refractivity contribution < 1.29 is 9.32 Å². The van der Waals surface area contributed by atoms with Gasteiger partial charge in [-0.3, -0.25) is 4.79 Å². The third kappa shape index (κ3) is 4.24. The summed E-state index contributed by atoms with van der Waals surface area (Å²) in [5, 5.41) is 18.1. The molecule has 0 radical (unpaired) electrons. The molecule has 0 saturated heterocycles. The lowest BCUT2D eigenvalue weighted by Crippen LogP contribution is -2.25. The first-order valence-corrected chi connectivity index (χ1v) is 10.8. The number of anilines is 1. The molecule has 0 aromatic carbocycles. The van der Waals surface area contributed by atoms with Gasteiger partial charge < -0.3 is 14.4 Å². The molecule has 3 aromatic rings. The van der Waals surface area contributed by atoms with Crippen LogP contribution in [0.3, 0.4) is 0 Å². The summed E-state index contributed by atoms with van der Waals surface area (Å²) in [6.07, 6.45) is 3.75. The van der Waals surface area contributed by atoms with Crippen molar-refractivity contribution in [3.8, 4) is 0 Å². The van der Waals surface area contributed by atoms with E-state index in [1.165, 1.54) is 16.6 Å². The van der Waals surface area contributed by atoms with Gasteiger partial charge in [-0.25, -0.2) is 0 Å². The molecule has 1 fully saturated rings. The van der Waals surface area contributed by atoms with E-state index in [1.807, 2.05) is 6.92 Å². The smallest absolute Gasteiger partial charge is 0.239 e. The van der Waals surface area contributed by atoms with E-state index >= 15 is 0 Å². The second-order valence-corrected chi connectivity index (χ2v) is 8.79. The first-order chi connectivity index (χ1) is 13.1. The van der Waals surface area contributed by atoms with E-state index < -0.39 is 0 Å². The maximum atomic E-state index is 12.6. The molecule has 0 aliphatic heterocycles. The molecular weight excluding hydrogens is 382 g/mol. The largest absolute Gasteiger partial charge is 0.360 e. The van der Waals surface area contributed by atoms with Gasteiger partial charge >= 0.3 is 0 Å². The van der Waals surface area contributed by atoms with Gasteiger partial charge in [-0.05, 0) is 37.6 Å².